The fourth-order valence-electron chi connectivity index (χ4n) is 4.25. The van der Waals surface area contributed by atoms with Gasteiger partial charge in [0.15, 0.2) is 0 Å². The van der Waals surface area contributed by atoms with Gasteiger partial charge in [-0.05, 0) is 63.4 Å². The van der Waals surface area contributed by atoms with Crippen molar-refractivity contribution in [3.8, 4) is 32.1 Å². The minimum Gasteiger partial charge on any atom is -0.244 e. The van der Waals surface area contributed by atoms with Gasteiger partial charge in [-0.1, -0.05) is 90.5 Å². The first-order chi connectivity index (χ1) is 15.7. The summed E-state index contributed by atoms with van der Waals surface area (Å²) in [7, 11) is 0. The van der Waals surface area contributed by atoms with Gasteiger partial charge in [0, 0.05) is 11.8 Å². The summed E-state index contributed by atoms with van der Waals surface area (Å²) in [6.07, 6.45) is 2.00. The number of rotatable bonds is 3. The van der Waals surface area contributed by atoms with Crippen molar-refractivity contribution in [3.63, 3.8) is 0 Å². The van der Waals surface area contributed by atoms with Crippen LogP contribution in [0.4, 0.5) is 0 Å². The standard InChI is InChI=1S/C30H21NS/c1-20-7-8-24-17-28-18-26(14-13-25(28)16-27(24)15-20)29-19-31-30(32-29)23-11-9-22(10-12-23)21-5-3-2-4-6-21/h2-19H,1H3. The molecule has 1 nitrogen and oxygen atoms in total. The van der Waals surface area contributed by atoms with E-state index in [4.69, 9.17) is 4.98 Å². The van der Waals surface area contributed by atoms with Crippen LogP contribution >= 0.6 is 11.3 Å². The molecule has 32 heavy (non-hydrogen) atoms. The largest absolute Gasteiger partial charge is 0.244 e. The first-order valence-corrected chi connectivity index (χ1v) is 11.6. The number of hydrogen-bond acceptors (Lipinski definition) is 2. The Bertz CT molecular complexity index is 1560. The van der Waals surface area contributed by atoms with Crippen LogP contribution in [0.1, 0.15) is 5.56 Å². The number of fused-ring (bicyclic) bond motifs is 2. The molecule has 0 unspecified atom stereocenters. The lowest BCUT2D eigenvalue weighted by atomic mass is 10.0. The third-order valence-corrected chi connectivity index (χ3v) is 7.08. The van der Waals surface area contributed by atoms with Crippen molar-refractivity contribution in [2.75, 3.05) is 0 Å². The van der Waals surface area contributed by atoms with Crippen molar-refractivity contribution in [2.24, 2.45) is 0 Å². The van der Waals surface area contributed by atoms with Crippen LogP contribution in [0.3, 0.4) is 0 Å². The zero-order valence-corrected chi connectivity index (χ0v) is 18.6. The molecule has 0 aliphatic rings. The van der Waals surface area contributed by atoms with E-state index in [-0.39, 0.29) is 0 Å². The molecule has 6 rings (SSSR count). The average Bonchev–Trinajstić information content (AvgIpc) is 3.33. The lowest BCUT2D eigenvalue weighted by Gasteiger charge is -2.05. The fraction of sp³-hybridized carbons (Fsp3) is 0.0333. The normalized spacial score (nSPS) is 11.3. The van der Waals surface area contributed by atoms with Gasteiger partial charge in [0.25, 0.3) is 0 Å². The minimum absolute atomic E-state index is 1.05. The van der Waals surface area contributed by atoms with E-state index in [0.29, 0.717) is 0 Å². The van der Waals surface area contributed by atoms with Crippen LogP contribution in [0.5, 0.6) is 0 Å². The van der Waals surface area contributed by atoms with Crippen LogP contribution in [0.25, 0.3) is 53.7 Å². The van der Waals surface area contributed by atoms with E-state index < -0.39 is 0 Å². The molecule has 0 N–H and O–H groups in total. The van der Waals surface area contributed by atoms with Crippen LogP contribution < -0.4 is 0 Å². The molecule has 0 aliphatic carbocycles. The molecule has 0 fully saturated rings. The Labute approximate surface area is 191 Å². The summed E-state index contributed by atoms with van der Waals surface area (Å²) in [5, 5.41) is 6.16. The SMILES string of the molecule is Cc1ccc2cc3cc(-c4cnc(-c5ccc(-c6ccccc6)cc5)s4)ccc3cc2c1. The second-order valence-corrected chi connectivity index (χ2v) is 9.27. The average molecular weight is 428 g/mol. The Morgan fingerprint density at radius 1 is 0.531 bits per heavy atom. The number of aryl methyl sites for hydroxylation is 1. The van der Waals surface area contributed by atoms with Gasteiger partial charge in [-0.15, -0.1) is 11.3 Å². The molecule has 0 spiro atoms. The van der Waals surface area contributed by atoms with E-state index in [2.05, 4.69) is 104 Å². The van der Waals surface area contributed by atoms with Gasteiger partial charge in [-0.3, -0.25) is 0 Å². The molecule has 0 radical (unpaired) electrons. The van der Waals surface area contributed by atoms with Crippen molar-refractivity contribution < 1.29 is 0 Å². The van der Waals surface area contributed by atoms with Gasteiger partial charge in [0.2, 0.25) is 0 Å². The summed E-state index contributed by atoms with van der Waals surface area (Å²) in [6.45, 7) is 2.14. The van der Waals surface area contributed by atoms with Crippen LogP contribution in [0.15, 0.2) is 109 Å². The third kappa shape index (κ3) is 3.49. The van der Waals surface area contributed by atoms with Gasteiger partial charge < -0.3 is 0 Å². The van der Waals surface area contributed by atoms with E-state index in [1.54, 1.807) is 11.3 Å². The monoisotopic (exact) mass is 427 g/mol. The lowest BCUT2D eigenvalue weighted by Crippen LogP contribution is -1.80. The van der Waals surface area contributed by atoms with E-state index >= 15 is 0 Å². The van der Waals surface area contributed by atoms with Crippen LogP contribution in [-0.4, -0.2) is 4.98 Å². The van der Waals surface area contributed by atoms with Crippen LogP contribution in [-0.2, 0) is 0 Å². The highest BCUT2D eigenvalue weighted by Crippen LogP contribution is 2.35. The fourth-order valence-corrected chi connectivity index (χ4v) is 5.16. The van der Waals surface area contributed by atoms with Crippen molar-refractivity contribution in [2.45, 2.75) is 6.92 Å². The second-order valence-electron chi connectivity index (χ2n) is 8.24. The Morgan fingerprint density at radius 2 is 1.16 bits per heavy atom. The van der Waals surface area contributed by atoms with Crippen molar-refractivity contribution in [1.82, 2.24) is 4.98 Å². The molecule has 0 saturated carbocycles. The molecule has 1 aromatic heterocycles. The van der Waals surface area contributed by atoms with Gasteiger partial charge in [0.05, 0.1) is 4.88 Å². The van der Waals surface area contributed by atoms with Crippen LogP contribution in [0.2, 0.25) is 0 Å². The summed E-state index contributed by atoms with van der Waals surface area (Å²) < 4.78 is 0. The predicted molar refractivity (Wildman–Crippen MR) is 138 cm³/mol. The van der Waals surface area contributed by atoms with E-state index in [9.17, 15) is 0 Å². The molecular formula is C30H21NS. The summed E-state index contributed by atoms with van der Waals surface area (Å²) in [6, 6.07) is 37.1. The lowest BCUT2D eigenvalue weighted by molar-refractivity contribution is 1.41. The van der Waals surface area contributed by atoms with Crippen molar-refractivity contribution in [1.29, 1.82) is 0 Å². The molecular weight excluding hydrogens is 406 g/mol. The highest BCUT2D eigenvalue weighted by Gasteiger charge is 2.09. The minimum atomic E-state index is 1.05. The first-order valence-electron chi connectivity index (χ1n) is 10.8. The molecule has 0 atom stereocenters. The summed E-state index contributed by atoms with van der Waals surface area (Å²) in [4.78, 5) is 5.92. The molecule has 5 aromatic carbocycles. The second kappa shape index (κ2) is 7.74. The molecule has 0 bridgehead atoms. The number of hydrogen-bond donors (Lipinski definition) is 0. The Hall–Kier alpha value is -3.75. The highest BCUT2D eigenvalue weighted by atomic mass is 32.1. The summed E-state index contributed by atoms with van der Waals surface area (Å²) >= 11 is 1.74. The molecule has 1 heterocycles. The maximum atomic E-state index is 4.72. The quantitative estimate of drug-likeness (QED) is 0.257. The van der Waals surface area contributed by atoms with Gasteiger partial charge in [-0.2, -0.15) is 0 Å². The van der Waals surface area contributed by atoms with Gasteiger partial charge in [-0.25, -0.2) is 4.98 Å². The summed E-state index contributed by atoms with van der Waals surface area (Å²) in [5.41, 5.74) is 6.12. The number of nitrogens with zero attached hydrogens (tertiary/aromatic N) is 1. The Kier molecular flexibility index (Phi) is 4.59. The maximum Gasteiger partial charge on any atom is 0.123 e. The van der Waals surface area contributed by atoms with Crippen LogP contribution in [0, 0.1) is 6.92 Å². The zero-order valence-electron chi connectivity index (χ0n) is 17.7. The zero-order chi connectivity index (χ0) is 21.5. The molecule has 0 amide bonds. The molecule has 6 aromatic rings. The third-order valence-electron chi connectivity index (χ3n) is 5.98. The Morgan fingerprint density at radius 3 is 1.94 bits per heavy atom. The van der Waals surface area contributed by atoms with Crippen molar-refractivity contribution in [3.05, 3.63) is 115 Å². The highest BCUT2D eigenvalue weighted by molar-refractivity contribution is 7.18. The predicted octanol–water partition coefficient (Wildman–Crippen LogP) is 8.76. The number of aromatic nitrogens is 1. The van der Waals surface area contributed by atoms with E-state index in [0.717, 1.165) is 10.6 Å². The smallest absolute Gasteiger partial charge is 0.123 e. The van der Waals surface area contributed by atoms with E-state index in [1.807, 2.05) is 12.3 Å². The summed E-state index contributed by atoms with van der Waals surface area (Å²) in [5.74, 6) is 0. The molecule has 0 aliphatic heterocycles. The van der Waals surface area contributed by atoms with Gasteiger partial charge in [0.1, 0.15) is 5.01 Å². The first kappa shape index (κ1) is 19.0. The Balaban J connectivity index is 1.33. The topological polar surface area (TPSA) is 12.9 Å². The molecule has 0 saturated heterocycles. The molecule has 2 heteroatoms. The van der Waals surface area contributed by atoms with Gasteiger partial charge >= 0.3 is 0 Å². The van der Waals surface area contributed by atoms with E-state index in [1.165, 1.54) is 48.7 Å². The van der Waals surface area contributed by atoms with Crippen molar-refractivity contribution >= 4 is 32.9 Å². The number of thiazole rings is 1. The maximum absolute atomic E-state index is 4.72. The number of benzene rings is 5. The molecule has 152 valence electrons.